The van der Waals surface area contributed by atoms with Gasteiger partial charge in [-0.05, 0) is 37.0 Å². The predicted molar refractivity (Wildman–Crippen MR) is 82.7 cm³/mol. The van der Waals surface area contributed by atoms with Gasteiger partial charge in [0.2, 0.25) is 5.91 Å². The first-order valence-electron chi connectivity index (χ1n) is 7.32. The number of thiazole rings is 1. The molecule has 0 atom stereocenters. The second kappa shape index (κ2) is 6.52. The van der Waals surface area contributed by atoms with Crippen molar-refractivity contribution >= 4 is 22.4 Å². The molecule has 1 aromatic heterocycles. The molecule has 1 fully saturated rings. The summed E-state index contributed by atoms with van der Waals surface area (Å²) in [6, 6.07) is 3.65. The molecule has 6 heteroatoms. The van der Waals surface area contributed by atoms with Crippen molar-refractivity contribution in [3.8, 4) is 11.3 Å². The van der Waals surface area contributed by atoms with E-state index in [2.05, 4.69) is 10.3 Å². The Kier molecular flexibility index (Phi) is 4.47. The summed E-state index contributed by atoms with van der Waals surface area (Å²) in [4.78, 5) is 16.2. The highest BCUT2D eigenvalue weighted by atomic mass is 32.1. The topological polar surface area (TPSA) is 42.0 Å². The van der Waals surface area contributed by atoms with E-state index in [1.54, 1.807) is 5.38 Å². The third-order valence-electron chi connectivity index (χ3n) is 3.91. The number of rotatable bonds is 4. The number of halogens is 2. The molecule has 0 saturated heterocycles. The number of aromatic nitrogens is 1. The number of hydrogen-bond donors (Lipinski definition) is 1. The molecule has 3 nitrogen and oxygen atoms in total. The van der Waals surface area contributed by atoms with Crippen molar-refractivity contribution in [3.63, 3.8) is 0 Å². The molecule has 1 amide bonds. The normalized spacial score (nSPS) is 15.2. The van der Waals surface area contributed by atoms with Crippen LogP contribution < -0.4 is 5.32 Å². The van der Waals surface area contributed by atoms with Crippen LogP contribution in [0.4, 0.5) is 13.9 Å². The summed E-state index contributed by atoms with van der Waals surface area (Å²) in [5.74, 6) is -1.34. The van der Waals surface area contributed by atoms with E-state index in [-0.39, 0.29) is 5.91 Å². The number of nitrogens with zero attached hydrogens (tertiary/aromatic N) is 1. The van der Waals surface area contributed by atoms with Crippen LogP contribution in [0.1, 0.15) is 32.1 Å². The Morgan fingerprint density at radius 1 is 1.27 bits per heavy atom. The summed E-state index contributed by atoms with van der Waals surface area (Å²) in [6.07, 6.45) is 5.17. The maximum atomic E-state index is 13.2. The lowest BCUT2D eigenvalue weighted by molar-refractivity contribution is -0.117. The van der Waals surface area contributed by atoms with Crippen LogP contribution in [-0.2, 0) is 4.79 Å². The van der Waals surface area contributed by atoms with Crippen LogP contribution in [-0.4, -0.2) is 10.9 Å². The van der Waals surface area contributed by atoms with E-state index in [4.69, 9.17) is 0 Å². The Bertz CT molecular complexity index is 681. The number of benzene rings is 1. The Labute approximate surface area is 131 Å². The molecule has 1 aliphatic rings. The third-order valence-corrected chi connectivity index (χ3v) is 4.67. The molecule has 0 aliphatic heterocycles. The Balaban J connectivity index is 1.65. The van der Waals surface area contributed by atoms with E-state index in [0.717, 1.165) is 25.0 Å². The number of carbonyl (C=O) groups is 1. The van der Waals surface area contributed by atoms with Gasteiger partial charge in [-0.2, -0.15) is 0 Å². The predicted octanol–water partition coefficient (Wildman–Crippen LogP) is 4.61. The van der Waals surface area contributed by atoms with Crippen LogP contribution >= 0.6 is 11.3 Å². The zero-order valence-corrected chi connectivity index (χ0v) is 12.8. The first kappa shape index (κ1) is 15.1. The summed E-state index contributed by atoms with van der Waals surface area (Å²) < 4.78 is 26.2. The maximum absolute atomic E-state index is 13.2. The monoisotopic (exact) mass is 322 g/mol. The van der Waals surface area contributed by atoms with Gasteiger partial charge in [0.05, 0.1) is 5.69 Å². The van der Waals surface area contributed by atoms with Crippen LogP contribution in [0.5, 0.6) is 0 Å². The number of carbonyl (C=O) groups excluding carboxylic acids is 1. The summed E-state index contributed by atoms with van der Waals surface area (Å²) in [7, 11) is 0. The minimum Gasteiger partial charge on any atom is -0.302 e. The fraction of sp³-hybridized carbons (Fsp3) is 0.375. The fourth-order valence-corrected chi connectivity index (χ4v) is 3.50. The van der Waals surface area contributed by atoms with Crippen molar-refractivity contribution in [2.24, 2.45) is 5.92 Å². The van der Waals surface area contributed by atoms with Gasteiger partial charge in [0.1, 0.15) is 0 Å². The second-order valence-corrected chi connectivity index (χ2v) is 6.43. The number of amides is 1. The molecule has 0 radical (unpaired) electrons. The number of nitrogens with one attached hydrogen (secondary N) is 1. The fourth-order valence-electron chi connectivity index (χ4n) is 2.77. The minimum absolute atomic E-state index is 0.0295. The average Bonchev–Trinajstić information content (AvgIpc) is 3.13. The van der Waals surface area contributed by atoms with Crippen LogP contribution in [0.15, 0.2) is 23.6 Å². The molecular formula is C16H16F2N2OS. The molecule has 1 aliphatic carbocycles. The van der Waals surface area contributed by atoms with Gasteiger partial charge >= 0.3 is 0 Å². The van der Waals surface area contributed by atoms with Gasteiger partial charge in [-0.3, -0.25) is 4.79 Å². The van der Waals surface area contributed by atoms with Gasteiger partial charge in [-0.1, -0.05) is 12.8 Å². The lowest BCUT2D eigenvalue weighted by Gasteiger charge is -2.07. The van der Waals surface area contributed by atoms with Gasteiger partial charge in [-0.15, -0.1) is 11.3 Å². The molecule has 0 bridgehead atoms. The summed E-state index contributed by atoms with van der Waals surface area (Å²) in [6.45, 7) is 0. The molecule has 1 aromatic carbocycles. The van der Waals surface area contributed by atoms with E-state index in [0.29, 0.717) is 28.7 Å². The second-order valence-electron chi connectivity index (χ2n) is 5.57. The molecule has 0 unspecified atom stereocenters. The van der Waals surface area contributed by atoms with Gasteiger partial charge in [0, 0.05) is 17.4 Å². The average molecular weight is 322 g/mol. The SMILES string of the molecule is O=C(CC1CCCC1)Nc1nc(-c2ccc(F)c(F)c2)cs1. The largest absolute Gasteiger partial charge is 0.302 e. The van der Waals surface area contributed by atoms with Crippen molar-refractivity contribution in [1.82, 2.24) is 4.98 Å². The summed E-state index contributed by atoms with van der Waals surface area (Å²) >= 11 is 1.28. The first-order valence-corrected chi connectivity index (χ1v) is 8.20. The minimum atomic E-state index is -0.905. The van der Waals surface area contributed by atoms with Crippen molar-refractivity contribution in [1.29, 1.82) is 0 Å². The van der Waals surface area contributed by atoms with Crippen LogP contribution in [0.3, 0.4) is 0 Å². The standard InChI is InChI=1S/C16H16F2N2OS/c17-12-6-5-11(8-13(12)18)14-9-22-16(19-14)20-15(21)7-10-3-1-2-4-10/h5-6,8-10H,1-4,7H2,(H,19,20,21). The highest BCUT2D eigenvalue weighted by Gasteiger charge is 2.19. The Morgan fingerprint density at radius 3 is 2.77 bits per heavy atom. The zero-order chi connectivity index (χ0) is 15.5. The molecular weight excluding hydrogens is 306 g/mol. The van der Waals surface area contributed by atoms with Crippen LogP contribution in [0, 0.1) is 17.6 Å². The molecule has 116 valence electrons. The molecule has 1 heterocycles. The van der Waals surface area contributed by atoms with Gasteiger partial charge in [0.25, 0.3) is 0 Å². The zero-order valence-electron chi connectivity index (χ0n) is 11.9. The van der Waals surface area contributed by atoms with Crippen LogP contribution in [0.2, 0.25) is 0 Å². The Morgan fingerprint density at radius 2 is 2.05 bits per heavy atom. The van der Waals surface area contributed by atoms with E-state index in [1.165, 1.54) is 30.2 Å². The highest BCUT2D eigenvalue weighted by Crippen LogP contribution is 2.29. The lowest BCUT2D eigenvalue weighted by Crippen LogP contribution is -2.14. The van der Waals surface area contributed by atoms with E-state index in [9.17, 15) is 13.6 Å². The summed E-state index contributed by atoms with van der Waals surface area (Å²) in [5.41, 5.74) is 1.02. The van der Waals surface area contributed by atoms with Gasteiger partial charge < -0.3 is 5.32 Å². The van der Waals surface area contributed by atoms with E-state index < -0.39 is 11.6 Å². The highest BCUT2D eigenvalue weighted by molar-refractivity contribution is 7.14. The molecule has 0 spiro atoms. The summed E-state index contributed by atoms with van der Waals surface area (Å²) in [5, 5.41) is 4.99. The van der Waals surface area contributed by atoms with E-state index in [1.807, 2.05) is 0 Å². The van der Waals surface area contributed by atoms with Gasteiger partial charge in [0.15, 0.2) is 16.8 Å². The quantitative estimate of drug-likeness (QED) is 0.893. The molecule has 3 rings (SSSR count). The van der Waals surface area contributed by atoms with Gasteiger partial charge in [-0.25, -0.2) is 13.8 Å². The third kappa shape index (κ3) is 3.50. The number of hydrogen-bond acceptors (Lipinski definition) is 3. The molecule has 1 N–H and O–H groups in total. The van der Waals surface area contributed by atoms with Crippen LogP contribution in [0.25, 0.3) is 11.3 Å². The van der Waals surface area contributed by atoms with Crippen molar-refractivity contribution in [2.75, 3.05) is 5.32 Å². The molecule has 22 heavy (non-hydrogen) atoms. The maximum Gasteiger partial charge on any atom is 0.226 e. The Hall–Kier alpha value is -1.82. The number of anilines is 1. The molecule has 2 aromatic rings. The van der Waals surface area contributed by atoms with Crippen molar-refractivity contribution in [3.05, 3.63) is 35.2 Å². The lowest BCUT2D eigenvalue weighted by atomic mass is 10.0. The first-order chi connectivity index (χ1) is 10.6. The smallest absolute Gasteiger partial charge is 0.226 e. The van der Waals surface area contributed by atoms with E-state index >= 15 is 0 Å². The van der Waals surface area contributed by atoms with Crippen molar-refractivity contribution in [2.45, 2.75) is 32.1 Å². The van der Waals surface area contributed by atoms with Crippen molar-refractivity contribution < 1.29 is 13.6 Å². The molecule has 1 saturated carbocycles.